The van der Waals surface area contributed by atoms with E-state index < -0.39 is 10.9 Å². The summed E-state index contributed by atoms with van der Waals surface area (Å²) in [4.78, 5) is 15.0. The van der Waals surface area contributed by atoms with Crippen LogP contribution in [0, 0.1) is 6.92 Å². The molecule has 4 N–H and O–H groups in total. The van der Waals surface area contributed by atoms with Crippen LogP contribution in [0.15, 0.2) is 48.7 Å². The van der Waals surface area contributed by atoms with Gasteiger partial charge >= 0.3 is 0 Å². The minimum absolute atomic E-state index is 0.324. The van der Waals surface area contributed by atoms with Crippen molar-refractivity contribution in [3.8, 4) is 5.75 Å². The number of para-hydroxylation sites is 1. The standard InChI is InChI=1S/C24H26N6O.C4H11NO2S/c1-15-6-4-5-7-19(15)26-23-18-8-10-25-22(18)28-24(29-23)27-20-12-17-14-30(2)11-9-16(17)13-21(20)31-3;1-4(2,3)5-8(6)7/h4-8,10,12-13H,9,11,14H2,1-3H3,(H3,25,26,27,28,29);8H,1-3H3,(H,5,6,7). The Morgan fingerprint density at radius 3 is 2.46 bits per heavy atom. The van der Waals surface area contributed by atoms with Crippen molar-refractivity contribution in [2.75, 3.05) is 31.3 Å². The maximum Gasteiger partial charge on any atom is 0.231 e. The molecule has 0 saturated carbocycles. The van der Waals surface area contributed by atoms with Gasteiger partial charge in [-0.2, -0.15) is 9.97 Å². The summed E-state index contributed by atoms with van der Waals surface area (Å²) in [5.41, 5.74) is 6.12. The number of rotatable bonds is 6. The lowest BCUT2D eigenvalue weighted by molar-refractivity contribution is 0.312. The van der Waals surface area contributed by atoms with Crippen molar-refractivity contribution in [2.45, 2.75) is 46.2 Å². The molecule has 10 nitrogen and oxygen atoms in total. The molecule has 1 aliphatic rings. The first kappa shape index (κ1) is 28.3. The molecule has 0 amide bonds. The smallest absolute Gasteiger partial charge is 0.231 e. The van der Waals surface area contributed by atoms with Gasteiger partial charge in [0, 0.05) is 30.5 Å². The number of hydrogen-bond acceptors (Lipinski definition) is 8. The molecule has 2 aromatic carbocycles. The van der Waals surface area contributed by atoms with E-state index in [9.17, 15) is 8.42 Å². The maximum absolute atomic E-state index is 9.94. The number of H-pyrrole nitrogens is 1. The van der Waals surface area contributed by atoms with E-state index in [1.807, 2.05) is 30.5 Å². The zero-order valence-electron chi connectivity index (χ0n) is 23.3. The van der Waals surface area contributed by atoms with Crippen LogP contribution in [0.1, 0.15) is 37.5 Å². The number of fused-ring (bicyclic) bond motifs is 2. The molecule has 4 aromatic rings. The number of thiol groups is 1. The average molecular weight is 552 g/mol. The van der Waals surface area contributed by atoms with E-state index in [0.29, 0.717) is 5.95 Å². The van der Waals surface area contributed by atoms with E-state index in [2.05, 4.69) is 62.4 Å². The third-order valence-electron chi connectivity index (χ3n) is 6.21. The molecule has 208 valence electrons. The van der Waals surface area contributed by atoms with Crippen molar-refractivity contribution in [2.24, 2.45) is 0 Å². The fourth-order valence-corrected chi connectivity index (χ4v) is 4.87. The normalized spacial score (nSPS) is 13.5. The topological polar surface area (TPSA) is 124 Å². The van der Waals surface area contributed by atoms with Crippen LogP contribution >= 0.6 is 0 Å². The Labute approximate surface area is 231 Å². The van der Waals surface area contributed by atoms with Crippen LogP contribution in [-0.2, 0) is 23.9 Å². The Morgan fingerprint density at radius 2 is 1.79 bits per heavy atom. The Morgan fingerprint density at radius 1 is 1.03 bits per heavy atom. The molecule has 0 radical (unpaired) electrons. The molecular formula is C28H37N7O3S. The zero-order chi connectivity index (χ0) is 28.2. The number of benzene rings is 2. The minimum atomic E-state index is -2.44. The molecule has 1 aliphatic heterocycles. The predicted octanol–water partition coefficient (Wildman–Crippen LogP) is 4.65. The van der Waals surface area contributed by atoms with E-state index in [4.69, 9.17) is 9.72 Å². The molecule has 2 aromatic heterocycles. The molecule has 3 heterocycles. The number of nitrogens with zero attached hydrogens (tertiary/aromatic N) is 3. The van der Waals surface area contributed by atoms with Crippen LogP contribution in [-0.4, -0.2) is 54.5 Å². The fourth-order valence-electron chi connectivity index (χ4n) is 4.32. The molecule has 0 spiro atoms. The second-order valence-electron chi connectivity index (χ2n) is 10.6. The summed E-state index contributed by atoms with van der Waals surface area (Å²) in [7, 11) is 1.40. The number of aromatic nitrogens is 3. The molecule has 11 heteroatoms. The third kappa shape index (κ3) is 7.47. The summed E-state index contributed by atoms with van der Waals surface area (Å²) < 4.78 is 27.9. The van der Waals surface area contributed by atoms with Crippen molar-refractivity contribution in [1.29, 1.82) is 0 Å². The molecule has 5 rings (SSSR count). The molecule has 0 saturated heterocycles. The van der Waals surface area contributed by atoms with Crippen LogP contribution in [0.2, 0.25) is 0 Å². The molecule has 0 atom stereocenters. The predicted molar refractivity (Wildman–Crippen MR) is 158 cm³/mol. The Kier molecular flexibility index (Phi) is 8.73. The van der Waals surface area contributed by atoms with Gasteiger partial charge in [-0.05, 0) is 82.1 Å². The summed E-state index contributed by atoms with van der Waals surface area (Å²) in [6.45, 7) is 9.43. The van der Waals surface area contributed by atoms with Gasteiger partial charge in [0.15, 0.2) is 0 Å². The summed E-state index contributed by atoms with van der Waals surface area (Å²) in [5, 5.41) is 7.79. The first-order valence-corrected chi connectivity index (χ1v) is 14.0. The molecule has 0 bridgehead atoms. The average Bonchev–Trinajstić information content (AvgIpc) is 3.33. The highest BCUT2D eigenvalue weighted by Gasteiger charge is 2.18. The van der Waals surface area contributed by atoms with Gasteiger partial charge in [-0.25, -0.2) is 13.1 Å². The second kappa shape index (κ2) is 12.0. The maximum atomic E-state index is 9.94. The van der Waals surface area contributed by atoms with E-state index in [0.717, 1.165) is 59.0 Å². The first-order valence-electron chi connectivity index (χ1n) is 12.8. The second-order valence-corrected chi connectivity index (χ2v) is 11.4. The Bertz CT molecular complexity index is 1520. The molecule has 0 unspecified atom stereocenters. The first-order chi connectivity index (χ1) is 18.5. The van der Waals surface area contributed by atoms with Crippen LogP contribution in [0.3, 0.4) is 0 Å². The van der Waals surface area contributed by atoms with Gasteiger partial charge in [-0.1, -0.05) is 18.2 Å². The lowest BCUT2D eigenvalue weighted by Crippen LogP contribution is -2.34. The largest absolute Gasteiger partial charge is 0.495 e. The summed E-state index contributed by atoms with van der Waals surface area (Å²) in [5.74, 6) is 2.06. The monoisotopic (exact) mass is 551 g/mol. The van der Waals surface area contributed by atoms with Gasteiger partial charge in [-0.3, -0.25) is 0 Å². The van der Waals surface area contributed by atoms with Crippen LogP contribution in [0.25, 0.3) is 11.0 Å². The van der Waals surface area contributed by atoms with Crippen molar-refractivity contribution in [3.05, 3.63) is 65.4 Å². The number of methoxy groups -OCH3 is 1. The number of nitrogens with one attached hydrogen (secondary N) is 4. The van der Waals surface area contributed by atoms with Gasteiger partial charge < -0.3 is 25.3 Å². The van der Waals surface area contributed by atoms with Gasteiger partial charge in [-0.15, -0.1) is 0 Å². The summed E-state index contributed by atoms with van der Waals surface area (Å²) >= 11 is 0. The van der Waals surface area contributed by atoms with Gasteiger partial charge in [0.05, 0.1) is 18.2 Å². The fraction of sp³-hybridized carbons (Fsp3) is 0.357. The number of aryl methyl sites for hydroxylation is 1. The van der Waals surface area contributed by atoms with E-state index in [1.54, 1.807) is 27.9 Å². The molecular weight excluding hydrogens is 514 g/mol. The van der Waals surface area contributed by atoms with Gasteiger partial charge in [0.2, 0.25) is 16.8 Å². The number of ether oxygens (including phenoxy) is 1. The lowest BCUT2D eigenvalue weighted by Gasteiger charge is -2.26. The Balaban J connectivity index is 0.000000386. The highest BCUT2D eigenvalue weighted by atomic mass is 32.2. The quantitative estimate of drug-likeness (QED) is 0.219. The van der Waals surface area contributed by atoms with Crippen LogP contribution in [0.5, 0.6) is 5.75 Å². The van der Waals surface area contributed by atoms with Crippen molar-refractivity contribution < 1.29 is 13.2 Å². The van der Waals surface area contributed by atoms with E-state index in [-0.39, 0.29) is 5.54 Å². The van der Waals surface area contributed by atoms with Crippen molar-refractivity contribution >= 4 is 45.1 Å². The lowest BCUT2D eigenvalue weighted by atomic mass is 9.99. The molecule has 0 fully saturated rings. The minimum Gasteiger partial charge on any atom is -0.495 e. The third-order valence-corrected chi connectivity index (χ3v) is 7.07. The molecule has 39 heavy (non-hydrogen) atoms. The number of hydrogen-bond donors (Lipinski definition) is 5. The highest BCUT2D eigenvalue weighted by molar-refractivity contribution is 7.70. The number of aromatic amines is 1. The van der Waals surface area contributed by atoms with Crippen molar-refractivity contribution in [1.82, 2.24) is 24.6 Å². The summed E-state index contributed by atoms with van der Waals surface area (Å²) in [6.07, 6.45) is 2.90. The summed E-state index contributed by atoms with van der Waals surface area (Å²) in [6, 6.07) is 14.4. The Hall–Kier alpha value is -3.67. The van der Waals surface area contributed by atoms with Gasteiger partial charge in [0.1, 0.15) is 17.2 Å². The number of likely N-dealkylation sites (N-methyl/N-ethyl adjacent to an activating group) is 1. The highest BCUT2D eigenvalue weighted by Crippen LogP contribution is 2.34. The van der Waals surface area contributed by atoms with Crippen LogP contribution < -0.4 is 20.1 Å². The van der Waals surface area contributed by atoms with Crippen LogP contribution in [0.4, 0.5) is 23.1 Å². The van der Waals surface area contributed by atoms with Crippen molar-refractivity contribution in [3.63, 3.8) is 0 Å². The van der Waals surface area contributed by atoms with E-state index >= 15 is 0 Å². The SMILES string of the molecule is CC(C)(C)N[SH](=O)=O.COc1cc2c(cc1Nc1nc(Nc3ccccc3C)c3cc[nH]c3n1)CN(C)CC2. The number of anilines is 4. The zero-order valence-corrected chi connectivity index (χ0v) is 24.1. The van der Waals surface area contributed by atoms with E-state index in [1.165, 1.54) is 11.1 Å². The van der Waals surface area contributed by atoms with Gasteiger partial charge in [0.25, 0.3) is 0 Å². The molecule has 0 aliphatic carbocycles.